The molecule has 3 fully saturated rings. The topological polar surface area (TPSA) is 50.8 Å². The molecule has 1 heterocycles. The zero-order valence-electron chi connectivity index (χ0n) is 22.6. The lowest BCUT2D eigenvalue weighted by Crippen LogP contribution is -2.68. The maximum absolute atomic E-state index is 13.1. The number of carbonyl (C=O) groups excluding carboxylic acids is 1. The number of fused-ring (bicyclic) bond motifs is 1. The Bertz CT molecular complexity index is 1210. The minimum Gasteiger partial charge on any atom is -0.497 e. The largest absolute Gasteiger partial charge is 0.497 e. The number of halogens is 3. The second kappa shape index (κ2) is 11.0. The summed E-state index contributed by atoms with van der Waals surface area (Å²) in [6.45, 7) is 2.93. The van der Waals surface area contributed by atoms with Gasteiger partial charge in [0, 0.05) is 37.7 Å². The van der Waals surface area contributed by atoms with Crippen LogP contribution in [-0.2, 0) is 21.1 Å². The van der Waals surface area contributed by atoms with Gasteiger partial charge in [-0.3, -0.25) is 4.79 Å². The lowest BCUT2D eigenvalue weighted by atomic mass is 9.55. The van der Waals surface area contributed by atoms with Gasteiger partial charge in [0.05, 0.1) is 18.3 Å². The van der Waals surface area contributed by atoms with Gasteiger partial charge in [0.25, 0.3) is 0 Å². The van der Waals surface area contributed by atoms with Gasteiger partial charge in [0.15, 0.2) is 0 Å². The number of benzene rings is 2. The highest BCUT2D eigenvalue weighted by Gasteiger charge is 2.59. The fraction of sp³-hybridized carbons (Fsp3) is 0.516. The summed E-state index contributed by atoms with van der Waals surface area (Å²) in [7, 11) is 3.48. The first-order valence-corrected chi connectivity index (χ1v) is 13.7. The fourth-order valence-electron chi connectivity index (χ4n) is 6.70. The van der Waals surface area contributed by atoms with Crippen LogP contribution in [0.3, 0.4) is 0 Å². The van der Waals surface area contributed by atoms with Crippen LogP contribution in [0.2, 0.25) is 0 Å². The molecule has 5 rings (SSSR count). The van der Waals surface area contributed by atoms with Gasteiger partial charge < -0.3 is 19.7 Å². The van der Waals surface area contributed by atoms with Crippen LogP contribution in [0.4, 0.5) is 13.2 Å². The average molecular weight is 543 g/mol. The number of alkyl halides is 3. The predicted octanol–water partition coefficient (Wildman–Crippen LogP) is 5.83. The third-order valence-electron chi connectivity index (χ3n) is 8.91. The lowest BCUT2D eigenvalue weighted by Gasteiger charge is -2.60. The van der Waals surface area contributed by atoms with Crippen LogP contribution >= 0.6 is 0 Å². The number of hydrogen-bond acceptors (Lipinski definition) is 4. The van der Waals surface area contributed by atoms with Gasteiger partial charge >= 0.3 is 6.18 Å². The molecule has 39 heavy (non-hydrogen) atoms. The molecule has 1 saturated heterocycles. The SMILES string of the molecule is COc1cccc(C23CCN(CC4CC4)CC2(OC)CCC(NC(=O)C=Cc2cccc(C(F)(F)F)c2)C3)c1. The molecular formula is C31H37F3N2O3. The minimum absolute atomic E-state index is 0.0897. The van der Waals surface area contributed by atoms with Crippen molar-refractivity contribution in [2.75, 3.05) is 33.9 Å². The molecule has 1 aliphatic heterocycles. The summed E-state index contributed by atoms with van der Waals surface area (Å²) in [5.41, 5.74) is 0.0615. The molecule has 0 radical (unpaired) electrons. The Labute approximate surface area is 228 Å². The molecule has 0 bridgehead atoms. The lowest BCUT2D eigenvalue weighted by molar-refractivity contribution is -0.150. The zero-order valence-corrected chi connectivity index (χ0v) is 22.6. The van der Waals surface area contributed by atoms with Crippen molar-refractivity contribution in [1.29, 1.82) is 0 Å². The van der Waals surface area contributed by atoms with Crippen molar-refractivity contribution in [3.05, 3.63) is 71.3 Å². The van der Waals surface area contributed by atoms with Crippen LogP contribution in [0.25, 0.3) is 6.08 Å². The van der Waals surface area contributed by atoms with Gasteiger partial charge in [0.2, 0.25) is 5.91 Å². The standard InChI is InChI=1S/C31H37F3N2O3/c1-38-27-8-4-6-24(18-27)29-15-16-36(20-23-9-10-23)21-30(29,39-2)14-13-26(19-29)35-28(37)12-11-22-5-3-7-25(17-22)31(32,33)34/h3-8,11-12,17-18,23,26H,9-10,13-16,19-21H2,1-2H3,(H,35,37). The predicted molar refractivity (Wildman–Crippen MR) is 144 cm³/mol. The van der Waals surface area contributed by atoms with Crippen LogP contribution in [-0.4, -0.2) is 56.3 Å². The molecule has 210 valence electrons. The first-order chi connectivity index (χ1) is 18.7. The maximum Gasteiger partial charge on any atom is 0.416 e. The number of methoxy groups -OCH3 is 2. The number of nitrogens with zero attached hydrogens (tertiary/aromatic N) is 1. The van der Waals surface area contributed by atoms with E-state index in [1.165, 1.54) is 31.1 Å². The van der Waals surface area contributed by atoms with Crippen LogP contribution in [0.15, 0.2) is 54.6 Å². The number of ether oxygens (including phenoxy) is 2. The van der Waals surface area contributed by atoms with E-state index < -0.39 is 11.7 Å². The van der Waals surface area contributed by atoms with Crippen molar-refractivity contribution in [1.82, 2.24) is 10.2 Å². The summed E-state index contributed by atoms with van der Waals surface area (Å²) in [5.74, 6) is 1.28. The van der Waals surface area contributed by atoms with Gasteiger partial charge in [-0.1, -0.05) is 24.3 Å². The molecule has 2 saturated carbocycles. The third-order valence-corrected chi connectivity index (χ3v) is 8.91. The van der Waals surface area contributed by atoms with E-state index in [-0.39, 0.29) is 23.0 Å². The Hall–Kier alpha value is -2.84. The normalized spacial score (nSPS) is 27.8. The van der Waals surface area contributed by atoms with Crippen molar-refractivity contribution in [3.63, 3.8) is 0 Å². The van der Waals surface area contributed by atoms with Gasteiger partial charge in [-0.05, 0) is 92.5 Å². The van der Waals surface area contributed by atoms with E-state index in [1.807, 2.05) is 19.2 Å². The Kier molecular flexibility index (Phi) is 7.80. The second-order valence-corrected chi connectivity index (χ2v) is 11.3. The summed E-state index contributed by atoms with van der Waals surface area (Å²) in [5, 5.41) is 3.14. The van der Waals surface area contributed by atoms with Crippen molar-refractivity contribution in [2.45, 2.75) is 61.8 Å². The Morgan fingerprint density at radius 1 is 1.10 bits per heavy atom. The first kappa shape index (κ1) is 27.7. The van der Waals surface area contributed by atoms with Gasteiger partial charge in [-0.15, -0.1) is 0 Å². The van der Waals surface area contributed by atoms with Gasteiger partial charge in [0.1, 0.15) is 5.75 Å². The van der Waals surface area contributed by atoms with E-state index in [0.29, 0.717) is 12.0 Å². The van der Waals surface area contributed by atoms with E-state index in [0.717, 1.165) is 68.3 Å². The number of hydrogen-bond donors (Lipinski definition) is 1. The van der Waals surface area contributed by atoms with Crippen LogP contribution in [0.1, 0.15) is 55.2 Å². The molecule has 2 aromatic rings. The Balaban J connectivity index is 1.36. The summed E-state index contributed by atoms with van der Waals surface area (Å²) in [6.07, 6.45) is 4.13. The van der Waals surface area contributed by atoms with E-state index in [4.69, 9.17) is 9.47 Å². The summed E-state index contributed by atoms with van der Waals surface area (Å²) in [4.78, 5) is 15.5. The molecule has 3 unspecified atom stereocenters. The highest BCUT2D eigenvalue weighted by Crippen LogP contribution is 2.54. The molecule has 1 N–H and O–H groups in total. The van der Waals surface area contributed by atoms with Gasteiger partial charge in [-0.2, -0.15) is 13.2 Å². The fourth-order valence-corrected chi connectivity index (χ4v) is 6.70. The summed E-state index contributed by atoms with van der Waals surface area (Å²) < 4.78 is 51.2. The monoisotopic (exact) mass is 542 g/mol. The number of likely N-dealkylation sites (tertiary alicyclic amines) is 1. The van der Waals surface area contributed by atoms with Crippen molar-refractivity contribution in [3.8, 4) is 5.75 Å². The molecule has 5 nitrogen and oxygen atoms in total. The Morgan fingerprint density at radius 3 is 2.62 bits per heavy atom. The number of amides is 1. The van der Waals surface area contributed by atoms with Crippen molar-refractivity contribution >= 4 is 12.0 Å². The third kappa shape index (κ3) is 5.87. The van der Waals surface area contributed by atoms with E-state index in [1.54, 1.807) is 13.2 Å². The summed E-state index contributed by atoms with van der Waals surface area (Å²) in [6, 6.07) is 13.1. The molecule has 0 aromatic heterocycles. The van der Waals surface area contributed by atoms with Crippen LogP contribution in [0.5, 0.6) is 5.75 Å². The number of piperidine rings is 1. The highest BCUT2D eigenvalue weighted by atomic mass is 19.4. The molecule has 0 spiro atoms. The maximum atomic E-state index is 13.1. The van der Waals surface area contributed by atoms with Crippen molar-refractivity contribution in [2.24, 2.45) is 5.92 Å². The molecule has 3 aliphatic rings. The first-order valence-electron chi connectivity index (χ1n) is 13.7. The minimum atomic E-state index is -4.43. The highest BCUT2D eigenvalue weighted by molar-refractivity contribution is 5.92. The molecular weight excluding hydrogens is 505 g/mol. The number of carbonyl (C=O) groups is 1. The number of nitrogens with one attached hydrogen (secondary N) is 1. The quantitative estimate of drug-likeness (QED) is 0.426. The molecule has 3 atom stereocenters. The van der Waals surface area contributed by atoms with E-state index in [9.17, 15) is 18.0 Å². The number of rotatable bonds is 8. The van der Waals surface area contributed by atoms with Crippen LogP contribution in [0, 0.1) is 5.92 Å². The van der Waals surface area contributed by atoms with E-state index >= 15 is 0 Å². The Morgan fingerprint density at radius 2 is 1.90 bits per heavy atom. The molecule has 2 aliphatic carbocycles. The smallest absolute Gasteiger partial charge is 0.416 e. The van der Waals surface area contributed by atoms with Crippen LogP contribution < -0.4 is 10.1 Å². The molecule has 8 heteroatoms. The van der Waals surface area contributed by atoms with Crippen molar-refractivity contribution < 1.29 is 27.4 Å². The molecule has 1 amide bonds. The van der Waals surface area contributed by atoms with E-state index in [2.05, 4.69) is 22.3 Å². The van der Waals surface area contributed by atoms with Gasteiger partial charge in [-0.25, -0.2) is 0 Å². The summed E-state index contributed by atoms with van der Waals surface area (Å²) >= 11 is 0. The second-order valence-electron chi connectivity index (χ2n) is 11.3. The molecule has 2 aromatic carbocycles. The zero-order chi connectivity index (χ0) is 27.7. The average Bonchev–Trinajstić information content (AvgIpc) is 3.75.